The Morgan fingerprint density at radius 3 is 2.81 bits per heavy atom. The van der Waals surface area contributed by atoms with E-state index in [1.165, 1.54) is 18.4 Å². The number of fused-ring (bicyclic) bond motifs is 1. The van der Waals surface area contributed by atoms with E-state index in [0.29, 0.717) is 23.8 Å². The summed E-state index contributed by atoms with van der Waals surface area (Å²) in [5.41, 5.74) is 2.80. The van der Waals surface area contributed by atoms with Crippen molar-refractivity contribution in [1.82, 2.24) is 19.9 Å². The van der Waals surface area contributed by atoms with E-state index in [1.54, 1.807) is 19.5 Å². The van der Waals surface area contributed by atoms with E-state index in [9.17, 15) is 0 Å². The van der Waals surface area contributed by atoms with Crippen LogP contribution in [-0.4, -0.2) is 45.6 Å². The molecule has 2 aliphatic rings. The third-order valence-electron chi connectivity index (χ3n) is 5.55. The van der Waals surface area contributed by atoms with E-state index < -0.39 is 0 Å². The molecule has 5 rings (SSSR count). The fourth-order valence-corrected chi connectivity index (χ4v) is 4.16. The van der Waals surface area contributed by atoms with Crippen molar-refractivity contribution in [3.63, 3.8) is 0 Å². The molecule has 1 N–H and O–H groups in total. The second-order valence-corrected chi connectivity index (χ2v) is 7.33. The van der Waals surface area contributed by atoms with Crippen LogP contribution in [0.2, 0.25) is 0 Å². The lowest BCUT2D eigenvalue weighted by atomic mass is 9.99. The molecule has 6 nitrogen and oxygen atoms in total. The SMILES string of the molecule is COc1cccc(C2C(Nc3ccc4nccnc4n3)CCN2C2CC2)c1. The van der Waals surface area contributed by atoms with Crippen molar-refractivity contribution in [2.24, 2.45) is 0 Å². The van der Waals surface area contributed by atoms with E-state index in [2.05, 4.69) is 43.4 Å². The largest absolute Gasteiger partial charge is 0.497 e. The molecule has 0 amide bonds. The standard InChI is InChI=1S/C21H23N5O/c1-27-16-4-2-3-14(13-16)20-17(9-12-26(20)15-5-6-15)24-19-8-7-18-21(25-19)23-11-10-22-18/h2-4,7-8,10-11,13,15,17,20H,5-6,9,12H2,1H3,(H,23,24,25). The Hall–Kier alpha value is -2.73. The molecule has 2 atom stereocenters. The Kier molecular flexibility index (Phi) is 4.13. The number of likely N-dealkylation sites (tertiary alicyclic amines) is 1. The van der Waals surface area contributed by atoms with Gasteiger partial charge in [0.25, 0.3) is 0 Å². The summed E-state index contributed by atoms with van der Waals surface area (Å²) >= 11 is 0. The Morgan fingerprint density at radius 1 is 1.07 bits per heavy atom. The number of hydrogen-bond acceptors (Lipinski definition) is 6. The van der Waals surface area contributed by atoms with Gasteiger partial charge in [-0.25, -0.2) is 9.97 Å². The molecule has 1 saturated heterocycles. The molecule has 1 aliphatic carbocycles. The third kappa shape index (κ3) is 3.21. The summed E-state index contributed by atoms with van der Waals surface area (Å²) in [7, 11) is 1.72. The van der Waals surface area contributed by atoms with Gasteiger partial charge >= 0.3 is 0 Å². The first kappa shape index (κ1) is 16.4. The lowest BCUT2D eigenvalue weighted by Crippen LogP contribution is -2.32. The fourth-order valence-electron chi connectivity index (χ4n) is 4.16. The minimum Gasteiger partial charge on any atom is -0.497 e. The second-order valence-electron chi connectivity index (χ2n) is 7.33. The van der Waals surface area contributed by atoms with Crippen molar-refractivity contribution in [2.45, 2.75) is 37.4 Å². The highest BCUT2D eigenvalue weighted by Crippen LogP contribution is 2.42. The minimum atomic E-state index is 0.305. The molecule has 3 heterocycles. The predicted octanol–water partition coefficient (Wildman–Crippen LogP) is 3.42. The number of nitrogens with zero attached hydrogens (tertiary/aromatic N) is 4. The van der Waals surface area contributed by atoms with E-state index in [4.69, 9.17) is 4.74 Å². The van der Waals surface area contributed by atoms with Crippen LogP contribution in [0.15, 0.2) is 48.8 Å². The molecule has 2 unspecified atom stereocenters. The summed E-state index contributed by atoms with van der Waals surface area (Å²) in [6.07, 6.45) is 7.08. The van der Waals surface area contributed by atoms with E-state index >= 15 is 0 Å². The summed E-state index contributed by atoms with van der Waals surface area (Å²) in [6.45, 7) is 1.11. The first-order valence-electron chi connectivity index (χ1n) is 9.56. The quantitative estimate of drug-likeness (QED) is 0.751. The van der Waals surface area contributed by atoms with Gasteiger partial charge in [-0.05, 0) is 49.1 Å². The van der Waals surface area contributed by atoms with E-state index in [-0.39, 0.29) is 0 Å². The van der Waals surface area contributed by atoms with Crippen LogP contribution in [0, 0.1) is 0 Å². The zero-order valence-corrected chi connectivity index (χ0v) is 15.4. The maximum atomic E-state index is 5.46. The Morgan fingerprint density at radius 2 is 1.96 bits per heavy atom. The number of rotatable bonds is 5. The van der Waals surface area contributed by atoms with Crippen LogP contribution in [0.1, 0.15) is 30.9 Å². The monoisotopic (exact) mass is 361 g/mol. The summed E-state index contributed by atoms with van der Waals surface area (Å²) in [6, 6.07) is 13.8. The van der Waals surface area contributed by atoms with Crippen molar-refractivity contribution in [2.75, 3.05) is 19.0 Å². The smallest absolute Gasteiger partial charge is 0.180 e. The highest BCUT2D eigenvalue weighted by Gasteiger charge is 2.42. The first-order chi connectivity index (χ1) is 13.3. The molecule has 1 aliphatic heterocycles. The van der Waals surface area contributed by atoms with Gasteiger partial charge in [0.1, 0.15) is 17.1 Å². The molecule has 0 radical (unpaired) electrons. The van der Waals surface area contributed by atoms with Crippen molar-refractivity contribution in [3.05, 3.63) is 54.4 Å². The van der Waals surface area contributed by atoms with Gasteiger partial charge in [0.2, 0.25) is 0 Å². The summed E-state index contributed by atoms with van der Waals surface area (Å²) < 4.78 is 5.46. The molecule has 0 bridgehead atoms. The fraction of sp³-hybridized carbons (Fsp3) is 0.381. The van der Waals surface area contributed by atoms with Gasteiger partial charge in [-0.2, -0.15) is 0 Å². The number of methoxy groups -OCH3 is 1. The van der Waals surface area contributed by atoms with Gasteiger partial charge in [-0.3, -0.25) is 9.88 Å². The molecule has 3 aromatic rings. The number of pyridine rings is 1. The number of ether oxygens (including phenoxy) is 1. The van der Waals surface area contributed by atoms with Crippen LogP contribution in [0.3, 0.4) is 0 Å². The number of nitrogens with one attached hydrogen (secondary N) is 1. The van der Waals surface area contributed by atoms with Crippen molar-refractivity contribution in [3.8, 4) is 5.75 Å². The number of aromatic nitrogens is 3. The average molecular weight is 361 g/mol. The predicted molar refractivity (Wildman–Crippen MR) is 105 cm³/mol. The van der Waals surface area contributed by atoms with Crippen molar-refractivity contribution in [1.29, 1.82) is 0 Å². The second kappa shape index (κ2) is 6.78. The summed E-state index contributed by atoms with van der Waals surface area (Å²) in [5, 5.41) is 3.67. The lowest BCUT2D eigenvalue weighted by Gasteiger charge is -2.29. The molecule has 1 aromatic carbocycles. The van der Waals surface area contributed by atoms with Gasteiger partial charge in [0.15, 0.2) is 5.65 Å². The Labute approximate surface area is 158 Å². The van der Waals surface area contributed by atoms with Crippen LogP contribution in [0.5, 0.6) is 5.75 Å². The Bertz CT molecular complexity index is 958. The topological polar surface area (TPSA) is 63.2 Å². The van der Waals surface area contributed by atoms with Gasteiger partial charge in [-0.15, -0.1) is 0 Å². The maximum absolute atomic E-state index is 5.46. The minimum absolute atomic E-state index is 0.305. The van der Waals surface area contributed by atoms with Crippen molar-refractivity contribution < 1.29 is 4.74 Å². The van der Waals surface area contributed by atoms with Crippen LogP contribution in [-0.2, 0) is 0 Å². The molecule has 2 fully saturated rings. The number of hydrogen-bond donors (Lipinski definition) is 1. The van der Waals surface area contributed by atoms with Gasteiger partial charge in [0.05, 0.1) is 13.2 Å². The first-order valence-corrected chi connectivity index (χ1v) is 9.56. The highest BCUT2D eigenvalue weighted by atomic mass is 16.5. The van der Waals surface area contributed by atoms with Crippen LogP contribution in [0.4, 0.5) is 5.82 Å². The van der Waals surface area contributed by atoms with Gasteiger partial charge in [0, 0.05) is 31.0 Å². The highest BCUT2D eigenvalue weighted by molar-refractivity contribution is 5.71. The lowest BCUT2D eigenvalue weighted by molar-refractivity contribution is 0.240. The van der Waals surface area contributed by atoms with Gasteiger partial charge < -0.3 is 10.1 Å². The zero-order chi connectivity index (χ0) is 18.2. The number of benzene rings is 1. The molecule has 0 spiro atoms. The van der Waals surface area contributed by atoms with Gasteiger partial charge in [-0.1, -0.05) is 12.1 Å². The third-order valence-corrected chi connectivity index (χ3v) is 5.55. The summed E-state index contributed by atoms with van der Waals surface area (Å²) in [5.74, 6) is 1.77. The molecule has 138 valence electrons. The molecular formula is C21H23N5O. The molecule has 2 aromatic heterocycles. The summed E-state index contributed by atoms with van der Waals surface area (Å²) in [4.78, 5) is 15.9. The number of anilines is 1. The van der Waals surface area contributed by atoms with Crippen LogP contribution < -0.4 is 10.1 Å². The van der Waals surface area contributed by atoms with Crippen molar-refractivity contribution >= 4 is 17.0 Å². The van der Waals surface area contributed by atoms with E-state index in [1.807, 2.05) is 18.2 Å². The Balaban J connectivity index is 1.45. The molecule has 27 heavy (non-hydrogen) atoms. The average Bonchev–Trinajstić information content (AvgIpc) is 3.48. The van der Waals surface area contributed by atoms with Crippen LogP contribution >= 0.6 is 0 Å². The van der Waals surface area contributed by atoms with E-state index in [0.717, 1.165) is 30.0 Å². The molecule has 1 saturated carbocycles. The normalized spacial score (nSPS) is 22.9. The molecular weight excluding hydrogens is 338 g/mol. The zero-order valence-electron chi connectivity index (χ0n) is 15.4. The maximum Gasteiger partial charge on any atom is 0.180 e. The molecule has 6 heteroatoms. The van der Waals surface area contributed by atoms with Crippen LogP contribution in [0.25, 0.3) is 11.2 Å².